The van der Waals surface area contributed by atoms with Crippen LogP contribution in [0, 0.1) is 6.92 Å². The Morgan fingerprint density at radius 2 is 2.40 bits per heavy atom. The molecule has 3 rings (SSSR count). The van der Waals surface area contributed by atoms with Gasteiger partial charge in [0.15, 0.2) is 0 Å². The predicted molar refractivity (Wildman–Crippen MR) is 107 cm³/mol. The topological polar surface area (TPSA) is 49.3 Å². The minimum absolute atomic E-state index is 0.387. The molecule has 1 aliphatic heterocycles. The maximum Gasteiger partial charge on any atom is 0.134 e. The average Bonchev–Trinajstić information content (AvgIpc) is 3.13. The van der Waals surface area contributed by atoms with Crippen LogP contribution in [0.2, 0.25) is 0 Å². The number of nitrogens with one attached hydrogen (secondary N) is 2. The van der Waals surface area contributed by atoms with E-state index in [1.807, 2.05) is 13.0 Å². The molecule has 2 aromatic rings. The van der Waals surface area contributed by atoms with E-state index in [1.54, 1.807) is 6.20 Å². The molecule has 0 atom stereocenters. The van der Waals surface area contributed by atoms with Crippen LogP contribution in [0.15, 0.2) is 34.4 Å². The third-order valence-corrected chi connectivity index (χ3v) is 6.61. The summed E-state index contributed by atoms with van der Waals surface area (Å²) in [7, 11) is 0. The standard InChI is InChI=1S/C18H20BrFN4S/c1-11-14(25-17(12(2)20)16(11)19)10-21-6-4-8-22-15-9-13-5-3-7-23-18(13)24-15/h3,5,7,21H,2,4,6,8-10H2,1H3,(H,22,23,24). The SMILES string of the molecule is C=C(F)c1sc(CNCCCN=C2Cc3cccnc3N2)c(C)c1Br. The van der Waals surface area contributed by atoms with Crippen molar-refractivity contribution in [2.24, 2.45) is 4.99 Å². The zero-order chi connectivity index (χ0) is 17.8. The molecule has 2 aromatic heterocycles. The van der Waals surface area contributed by atoms with Crippen LogP contribution in [0.4, 0.5) is 10.2 Å². The zero-order valence-electron chi connectivity index (χ0n) is 14.0. The van der Waals surface area contributed by atoms with E-state index >= 15 is 0 Å². The van der Waals surface area contributed by atoms with Crippen LogP contribution >= 0.6 is 27.3 Å². The van der Waals surface area contributed by atoms with E-state index in [4.69, 9.17) is 0 Å². The number of hydrogen-bond donors (Lipinski definition) is 2. The van der Waals surface area contributed by atoms with Gasteiger partial charge in [-0.3, -0.25) is 4.99 Å². The first-order chi connectivity index (χ1) is 12.1. The van der Waals surface area contributed by atoms with Gasteiger partial charge in [0.1, 0.15) is 17.5 Å². The Labute approximate surface area is 159 Å². The molecule has 4 nitrogen and oxygen atoms in total. The summed E-state index contributed by atoms with van der Waals surface area (Å²) in [5.41, 5.74) is 2.27. The highest BCUT2D eigenvalue weighted by Crippen LogP contribution is 2.37. The van der Waals surface area contributed by atoms with Gasteiger partial charge in [0, 0.05) is 40.6 Å². The first kappa shape index (κ1) is 18.2. The normalized spacial score (nSPS) is 14.6. The lowest BCUT2D eigenvalue weighted by Crippen LogP contribution is -2.16. The van der Waals surface area contributed by atoms with Crippen LogP contribution in [-0.4, -0.2) is 23.9 Å². The van der Waals surface area contributed by atoms with Crippen molar-refractivity contribution in [3.8, 4) is 0 Å². The summed E-state index contributed by atoms with van der Waals surface area (Å²) in [6, 6.07) is 4.02. The number of pyridine rings is 1. The molecule has 7 heteroatoms. The summed E-state index contributed by atoms with van der Waals surface area (Å²) in [6.07, 6.45) is 3.56. The van der Waals surface area contributed by atoms with E-state index < -0.39 is 0 Å². The van der Waals surface area contributed by atoms with E-state index in [0.29, 0.717) is 4.88 Å². The largest absolute Gasteiger partial charge is 0.328 e. The van der Waals surface area contributed by atoms with Gasteiger partial charge in [-0.2, -0.15) is 0 Å². The van der Waals surface area contributed by atoms with Crippen molar-refractivity contribution < 1.29 is 4.39 Å². The highest BCUT2D eigenvalue weighted by atomic mass is 79.9. The second-order valence-electron chi connectivity index (χ2n) is 5.87. The van der Waals surface area contributed by atoms with Gasteiger partial charge in [-0.05, 0) is 47.4 Å². The van der Waals surface area contributed by atoms with Crippen molar-refractivity contribution in [3.05, 3.63) is 50.3 Å². The molecule has 0 amide bonds. The molecule has 1 aliphatic rings. The van der Waals surface area contributed by atoms with Gasteiger partial charge >= 0.3 is 0 Å². The molecule has 132 valence electrons. The van der Waals surface area contributed by atoms with Crippen LogP contribution < -0.4 is 10.6 Å². The quantitative estimate of drug-likeness (QED) is 0.635. The molecular formula is C18H20BrFN4S. The molecule has 0 spiro atoms. The summed E-state index contributed by atoms with van der Waals surface area (Å²) in [6.45, 7) is 7.74. The van der Waals surface area contributed by atoms with Gasteiger partial charge in [-0.1, -0.05) is 12.6 Å². The van der Waals surface area contributed by atoms with Crippen LogP contribution in [0.3, 0.4) is 0 Å². The van der Waals surface area contributed by atoms with Crippen molar-refractivity contribution in [2.45, 2.75) is 26.3 Å². The van der Waals surface area contributed by atoms with Crippen molar-refractivity contribution in [1.29, 1.82) is 0 Å². The first-order valence-corrected chi connectivity index (χ1v) is 9.74. The average molecular weight is 423 g/mol. The molecule has 2 N–H and O–H groups in total. The smallest absolute Gasteiger partial charge is 0.134 e. The second-order valence-corrected chi connectivity index (χ2v) is 7.77. The van der Waals surface area contributed by atoms with E-state index in [-0.39, 0.29) is 5.83 Å². The van der Waals surface area contributed by atoms with Crippen molar-refractivity contribution in [2.75, 3.05) is 18.4 Å². The minimum Gasteiger partial charge on any atom is -0.328 e. The Morgan fingerprint density at radius 1 is 1.56 bits per heavy atom. The number of thiophene rings is 1. The number of aliphatic imine (C=N–C) groups is 1. The van der Waals surface area contributed by atoms with Gasteiger partial charge in [0.25, 0.3) is 0 Å². The predicted octanol–water partition coefficient (Wildman–Crippen LogP) is 4.70. The lowest BCUT2D eigenvalue weighted by atomic mass is 10.2. The number of nitrogens with zero attached hydrogens (tertiary/aromatic N) is 2. The number of anilines is 1. The first-order valence-electron chi connectivity index (χ1n) is 8.13. The monoisotopic (exact) mass is 422 g/mol. The van der Waals surface area contributed by atoms with Gasteiger partial charge < -0.3 is 10.6 Å². The number of halogens is 2. The number of hydrogen-bond acceptors (Lipinski definition) is 4. The maximum absolute atomic E-state index is 13.4. The van der Waals surface area contributed by atoms with E-state index in [0.717, 1.165) is 59.0 Å². The number of amidine groups is 1. The van der Waals surface area contributed by atoms with E-state index in [9.17, 15) is 4.39 Å². The number of fused-ring (bicyclic) bond motifs is 1. The fourth-order valence-corrected chi connectivity index (χ4v) is 4.51. The summed E-state index contributed by atoms with van der Waals surface area (Å²) in [5.74, 6) is 1.52. The molecule has 0 bridgehead atoms. The Hall–Kier alpha value is -1.57. The fraction of sp³-hybridized carbons (Fsp3) is 0.333. The lowest BCUT2D eigenvalue weighted by Gasteiger charge is -2.03. The van der Waals surface area contributed by atoms with Gasteiger partial charge in [-0.25, -0.2) is 9.37 Å². The fourth-order valence-electron chi connectivity index (χ4n) is 2.65. The van der Waals surface area contributed by atoms with Crippen LogP contribution in [0.1, 0.15) is 27.3 Å². The Morgan fingerprint density at radius 3 is 3.12 bits per heavy atom. The van der Waals surface area contributed by atoms with E-state index in [1.165, 1.54) is 16.9 Å². The summed E-state index contributed by atoms with van der Waals surface area (Å²) in [5, 5.41) is 6.65. The summed E-state index contributed by atoms with van der Waals surface area (Å²) in [4.78, 5) is 10.6. The van der Waals surface area contributed by atoms with Crippen molar-refractivity contribution >= 4 is 44.7 Å². The van der Waals surface area contributed by atoms with E-state index in [2.05, 4.69) is 49.2 Å². The molecule has 25 heavy (non-hydrogen) atoms. The number of rotatable bonds is 7. The second kappa shape index (κ2) is 8.21. The Balaban J connectivity index is 1.41. The Bertz CT molecular complexity index is 788. The van der Waals surface area contributed by atoms with Gasteiger partial charge in [0.2, 0.25) is 0 Å². The molecule has 0 radical (unpaired) electrons. The third-order valence-electron chi connectivity index (χ3n) is 4.03. The minimum atomic E-state index is -0.387. The van der Waals surface area contributed by atoms with Gasteiger partial charge in [-0.15, -0.1) is 11.3 Å². The van der Waals surface area contributed by atoms with Crippen LogP contribution in [0.5, 0.6) is 0 Å². The Kier molecular flexibility index (Phi) is 5.98. The lowest BCUT2D eigenvalue weighted by molar-refractivity contribution is 0.659. The zero-order valence-corrected chi connectivity index (χ0v) is 16.4. The van der Waals surface area contributed by atoms with Crippen LogP contribution in [0.25, 0.3) is 5.83 Å². The molecular weight excluding hydrogens is 403 g/mol. The molecule has 0 saturated carbocycles. The molecule has 0 unspecified atom stereocenters. The molecule has 0 aromatic carbocycles. The highest BCUT2D eigenvalue weighted by Gasteiger charge is 2.16. The van der Waals surface area contributed by atoms with Gasteiger partial charge in [0.05, 0.1) is 4.88 Å². The number of aromatic nitrogens is 1. The third kappa shape index (κ3) is 4.34. The van der Waals surface area contributed by atoms with Crippen molar-refractivity contribution in [3.63, 3.8) is 0 Å². The molecule has 0 fully saturated rings. The molecule has 3 heterocycles. The maximum atomic E-state index is 13.4. The summed E-state index contributed by atoms with van der Waals surface area (Å²) < 4.78 is 14.2. The van der Waals surface area contributed by atoms with Crippen LogP contribution in [-0.2, 0) is 13.0 Å². The van der Waals surface area contributed by atoms with Crippen molar-refractivity contribution in [1.82, 2.24) is 10.3 Å². The molecule has 0 saturated heterocycles. The highest BCUT2D eigenvalue weighted by molar-refractivity contribution is 9.10. The summed E-state index contributed by atoms with van der Waals surface area (Å²) >= 11 is 4.88. The molecule has 0 aliphatic carbocycles.